The molecular weight excluding hydrogens is 279 g/mol. The Morgan fingerprint density at radius 3 is 2.35 bits per heavy atom. The van der Waals surface area contributed by atoms with Gasteiger partial charge in [0, 0.05) is 13.1 Å². The maximum atomic E-state index is 12.7. The topological polar surface area (TPSA) is 66.8 Å². The van der Waals surface area contributed by atoms with Gasteiger partial charge in [-0.3, -0.25) is 4.79 Å². The van der Waals surface area contributed by atoms with Crippen LogP contribution in [0.4, 0.5) is 13.2 Å². The van der Waals surface area contributed by atoms with E-state index in [1.54, 1.807) is 0 Å². The number of piperidine rings is 1. The lowest BCUT2D eigenvalue weighted by molar-refractivity contribution is -0.189. The van der Waals surface area contributed by atoms with Crippen molar-refractivity contribution in [3.8, 4) is 0 Å². The number of likely N-dealkylation sites (tertiary alicyclic amines) is 1. The van der Waals surface area contributed by atoms with Crippen molar-refractivity contribution < 1.29 is 32.6 Å². The third kappa shape index (κ3) is 3.23. The monoisotopic (exact) mass is 295 g/mol. The lowest BCUT2D eigenvalue weighted by Crippen LogP contribution is -2.48. The van der Waals surface area contributed by atoms with Crippen molar-refractivity contribution in [2.45, 2.75) is 44.1 Å². The SMILES string of the molecule is O=C(O)C1CCC(C(=O)N2CCCC(C(F)(F)F)C2)O1. The number of rotatable bonds is 2. The number of hydrogen-bond donors (Lipinski definition) is 1. The van der Waals surface area contributed by atoms with Gasteiger partial charge in [0.15, 0.2) is 6.10 Å². The minimum absolute atomic E-state index is 0.0244. The van der Waals surface area contributed by atoms with Crippen LogP contribution in [0.15, 0.2) is 0 Å². The molecule has 0 spiro atoms. The molecule has 0 radical (unpaired) electrons. The number of alkyl halides is 3. The van der Waals surface area contributed by atoms with E-state index in [0.717, 1.165) is 4.90 Å². The molecule has 20 heavy (non-hydrogen) atoms. The van der Waals surface area contributed by atoms with Crippen LogP contribution in [0, 0.1) is 5.92 Å². The molecular formula is C12H16F3NO4. The number of ether oxygens (including phenoxy) is 1. The normalized spacial score (nSPS) is 31.4. The van der Waals surface area contributed by atoms with Crippen LogP contribution in [-0.4, -0.2) is 53.4 Å². The molecule has 2 saturated heterocycles. The van der Waals surface area contributed by atoms with E-state index in [9.17, 15) is 22.8 Å². The Bertz CT molecular complexity index is 399. The van der Waals surface area contributed by atoms with Gasteiger partial charge >= 0.3 is 12.1 Å². The molecule has 0 aromatic heterocycles. The minimum Gasteiger partial charge on any atom is -0.479 e. The Morgan fingerprint density at radius 1 is 1.15 bits per heavy atom. The third-order valence-electron chi connectivity index (χ3n) is 3.77. The highest BCUT2D eigenvalue weighted by Crippen LogP contribution is 2.34. The summed E-state index contributed by atoms with van der Waals surface area (Å²) in [5.41, 5.74) is 0. The van der Waals surface area contributed by atoms with Gasteiger partial charge in [0.2, 0.25) is 0 Å². The second kappa shape index (κ2) is 5.59. The van der Waals surface area contributed by atoms with Gasteiger partial charge in [-0.25, -0.2) is 4.79 Å². The summed E-state index contributed by atoms with van der Waals surface area (Å²) in [5.74, 6) is -3.17. The van der Waals surface area contributed by atoms with Crippen molar-refractivity contribution >= 4 is 11.9 Å². The van der Waals surface area contributed by atoms with Gasteiger partial charge in [-0.2, -0.15) is 13.2 Å². The number of aliphatic carboxylic acids is 1. The second-order valence-corrected chi connectivity index (χ2v) is 5.19. The first-order valence-corrected chi connectivity index (χ1v) is 6.53. The Balaban J connectivity index is 1.94. The molecule has 114 valence electrons. The molecule has 1 N–H and O–H groups in total. The molecule has 2 aliphatic rings. The first-order valence-electron chi connectivity index (χ1n) is 6.53. The number of halogens is 3. The number of amides is 1. The van der Waals surface area contributed by atoms with E-state index in [-0.39, 0.29) is 32.4 Å². The average molecular weight is 295 g/mol. The maximum absolute atomic E-state index is 12.7. The molecule has 2 rings (SSSR count). The maximum Gasteiger partial charge on any atom is 0.393 e. The summed E-state index contributed by atoms with van der Waals surface area (Å²) in [6, 6.07) is 0. The van der Waals surface area contributed by atoms with E-state index >= 15 is 0 Å². The molecule has 2 heterocycles. The smallest absolute Gasteiger partial charge is 0.393 e. The molecule has 0 aliphatic carbocycles. The van der Waals surface area contributed by atoms with Gasteiger partial charge in [0.05, 0.1) is 5.92 Å². The third-order valence-corrected chi connectivity index (χ3v) is 3.77. The van der Waals surface area contributed by atoms with Crippen LogP contribution in [-0.2, 0) is 14.3 Å². The summed E-state index contributed by atoms with van der Waals surface area (Å²) in [6.45, 7) is -0.0943. The summed E-state index contributed by atoms with van der Waals surface area (Å²) < 4.78 is 43.1. The van der Waals surface area contributed by atoms with Gasteiger partial charge in [-0.05, 0) is 25.7 Å². The molecule has 2 aliphatic heterocycles. The summed E-state index contributed by atoms with van der Waals surface area (Å²) >= 11 is 0. The quantitative estimate of drug-likeness (QED) is 0.836. The van der Waals surface area contributed by atoms with Crippen molar-refractivity contribution in [2.24, 2.45) is 5.92 Å². The molecule has 2 fully saturated rings. The Kier molecular flexibility index (Phi) is 4.22. The molecule has 8 heteroatoms. The second-order valence-electron chi connectivity index (χ2n) is 5.19. The van der Waals surface area contributed by atoms with Gasteiger partial charge < -0.3 is 14.7 Å². The van der Waals surface area contributed by atoms with Crippen molar-refractivity contribution in [1.82, 2.24) is 4.90 Å². The zero-order valence-corrected chi connectivity index (χ0v) is 10.7. The average Bonchev–Trinajstić information content (AvgIpc) is 2.87. The van der Waals surface area contributed by atoms with Crippen molar-refractivity contribution in [3.05, 3.63) is 0 Å². The minimum atomic E-state index is -4.31. The van der Waals surface area contributed by atoms with Crippen LogP contribution in [0.2, 0.25) is 0 Å². The Hall–Kier alpha value is -1.31. The van der Waals surface area contributed by atoms with Gasteiger partial charge in [0.25, 0.3) is 5.91 Å². The fourth-order valence-electron chi connectivity index (χ4n) is 2.65. The zero-order valence-electron chi connectivity index (χ0n) is 10.7. The van der Waals surface area contributed by atoms with E-state index in [2.05, 4.69) is 0 Å². The van der Waals surface area contributed by atoms with Gasteiger partial charge in [-0.1, -0.05) is 0 Å². The van der Waals surface area contributed by atoms with E-state index < -0.39 is 36.2 Å². The van der Waals surface area contributed by atoms with E-state index in [1.807, 2.05) is 0 Å². The number of carboxylic acid groups (broad SMARTS) is 1. The van der Waals surface area contributed by atoms with Crippen molar-refractivity contribution in [3.63, 3.8) is 0 Å². The number of hydrogen-bond acceptors (Lipinski definition) is 3. The molecule has 0 saturated carbocycles. The lowest BCUT2D eigenvalue weighted by Gasteiger charge is -2.34. The summed E-state index contributed by atoms with van der Waals surface area (Å²) in [4.78, 5) is 24.0. The molecule has 0 bridgehead atoms. The largest absolute Gasteiger partial charge is 0.479 e. The summed E-state index contributed by atoms with van der Waals surface area (Å²) in [7, 11) is 0. The Labute approximate surface area is 113 Å². The predicted molar refractivity (Wildman–Crippen MR) is 60.9 cm³/mol. The molecule has 1 amide bonds. The Morgan fingerprint density at radius 2 is 1.80 bits per heavy atom. The molecule has 3 atom stereocenters. The molecule has 0 aromatic rings. The van der Waals surface area contributed by atoms with Crippen LogP contribution in [0.5, 0.6) is 0 Å². The highest BCUT2D eigenvalue weighted by molar-refractivity contribution is 5.82. The lowest BCUT2D eigenvalue weighted by atomic mass is 9.97. The molecule has 0 aromatic carbocycles. The van der Waals surface area contributed by atoms with Crippen LogP contribution in [0.3, 0.4) is 0 Å². The van der Waals surface area contributed by atoms with Crippen molar-refractivity contribution in [2.75, 3.05) is 13.1 Å². The van der Waals surface area contributed by atoms with Crippen LogP contribution < -0.4 is 0 Å². The number of carboxylic acids is 1. The molecule has 5 nitrogen and oxygen atoms in total. The van der Waals surface area contributed by atoms with E-state index in [0.29, 0.717) is 6.42 Å². The standard InChI is InChI=1S/C12H16F3NO4/c13-12(14,15)7-2-1-5-16(6-7)10(17)8-3-4-9(20-8)11(18)19/h7-9H,1-6H2,(H,18,19). The predicted octanol–water partition coefficient (Wildman–Crippen LogP) is 1.42. The fourth-order valence-corrected chi connectivity index (χ4v) is 2.65. The zero-order chi connectivity index (χ0) is 14.9. The first kappa shape index (κ1) is 15.1. The van der Waals surface area contributed by atoms with Gasteiger partial charge in [-0.15, -0.1) is 0 Å². The van der Waals surface area contributed by atoms with Gasteiger partial charge in [0.1, 0.15) is 6.10 Å². The van der Waals surface area contributed by atoms with E-state index in [1.165, 1.54) is 0 Å². The van der Waals surface area contributed by atoms with E-state index in [4.69, 9.17) is 9.84 Å². The van der Waals surface area contributed by atoms with Crippen molar-refractivity contribution in [1.29, 1.82) is 0 Å². The number of nitrogens with zero attached hydrogens (tertiary/aromatic N) is 1. The number of carbonyl (C=O) groups excluding carboxylic acids is 1. The first-order chi connectivity index (χ1) is 9.29. The highest BCUT2D eigenvalue weighted by atomic mass is 19.4. The van der Waals surface area contributed by atoms with Crippen LogP contribution in [0.1, 0.15) is 25.7 Å². The number of carbonyl (C=O) groups is 2. The van der Waals surface area contributed by atoms with Crippen LogP contribution >= 0.6 is 0 Å². The highest BCUT2D eigenvalue weighted by Gasteiger charge is 2.44. The fraction of sp³-hybridized carbons (Fsp3) is 0.833. The van der Waals surface area contributed by atoms with Crippen LogP contribution in [0.25, 0.3) is 0 Å². The summed E-state index contributed by atoms with van der Waals surface area (Å²) in [5, 5.41) is 8.77. The molecule has 3 unspecified atom stereocenters. The summed E-state index contributed by atoms with van der Waals surface area (Å²) in [6.07, 6.45) is -5.50.